The van der Waals surface area contributed by atoms with E-state index in [-0.39, 0.29) is 22.9 Å². The Balaban J connectivity index is 1.46. The van der Waals surface area contributed by atoms with Gasteiger partial charge in [-0.3, -0.25) is 9.59 Å². The monoisotopic (exact) mass is 455 g/mol. The maximum absolute atomic E-state index is 12.6. The highest BCUT2D eigenvalue weighted by atomic mass is 35.5. The molecule has 0 radical (unpaired) electrons. The van der Waals surface area contributed by atoms with E-state index < -0.39 is 11.8 Å². The molecule has 0 aromatic heterocycles. The lowest BCUT2D eigenvalue weighted by molar-refractivity contribution is 0.0956. The molecule has 1 heterocycles. The van der Waals surface area contributed by atoms with E-state index in [2.05, 4.69) is 15.8 Å². The van der Waals surface area contributed by atoms with Crippen molar-refractivity contribution in [1.82, 2.24) is 5.43 Å². The van der Waals surface area contributed by atoms with Crippen molar-refractivity contribution in [1.29, 1.82) is 0 Å². The van der Waals surface area contributed by atoms with Crippen LogP contribution in [0.15, 0.2) is 65.8 Å². The minimum absolute atomic E-state index is 0.177. The first-order valence-electron chi connectivity index (χ1n) is 9.10. The molecule has 0 saturated carbocycles. The number of ether oxygens (including phenoxy) is 2. The number of carbonyl (C=O) groups excluding carboxylic acids is 2. The third kappa shape index (κ3) is 4.79. The van der Waals surface area contributed by atoms with Crippen LogP contribution in [0.2, 0.25) is 10.0 Å². The molecule has 0 saturated heterocycles. The number of fused-ring (bicyclic) bond motifs is 1. The Hall–Kier alpha value is -3.55. The lowest BCUT2D eigenvalue weighted by Crippen LogP contribution is -2.21. The molecule has 3 aromatic rings. The maximum atomic E-state index is 12.6. The smallest absolute Gasteiger partial charge is 0.273 e. The number of carbonyl (C=O) groups is 2. The molecule has 156 valence electrons. The van der Waals surface area contributed by atoms with E-state index in [1.54, 1.807) is 48.5 Å². The van der Waals surface area contributed by atoms with Gasteiger partial charge in [0.15, 0.2) is 11.5 Å². The molecule has 0 bridgehead atoms. The first kappa shape index (κ1) is 20.7. The molecule has 0 atom stereocenters. The third-order valence-corrected chi connectivity index (χ3v) is 4.92. The molecule has 1 aliphatic rings. The molecule has 2 N–H and O–H groups in total. The average molecular weight is 456 g/mol. The van der Waals surface area contributed by atoms with Gasteiger partial charge < -0.3 is 14.8 Å². The van der Waals surface area contributed by atoms with Crippen molar-refractivity contribution >= 4 is 46.9 Å². The number of hydrazone groups is 1. The first-order chi connectivity index (χ1) is 15.0. The number of hydrogen-bond acceptors (Lipinski definition) is 5. The average Bonchev–Trinajstić information content (AvgIpc) is 3.22. The van der Waals surface area contributed by atoms with E-state index in [4.69, 9.17) is 32.7 Å². The molecule has 0 unspecified atom stereocenters. The number of nitrogens with zero attached hydrogens (tertiary/aromatic N) is 1. The molecule has 31 heavy (non-hydrogen) atoms. The number of para-hydroxylation sites is 1. The minimum atomic E-state index is -0.491. The Morgan fingerprint density at radius 1 is 0.903 bits per heavy atom. The SMILES string of the molecule is O=C(Nc1ccccc1C(=O)NN=Cc1ccc2c(c1)OCO2)c1ccc(Cl)cc1Cl. The van der Waals surface area contributed by atoms with Crippen LogP contribution < -0.4 is 20.2 Å². The van der Waals surface area contributed by atoms with Crippen molar-refractivity contribution in [3.8, 4) is 11.5 Å². The van der Waals surface area contributed by atoms with Crippen LogP contribution in [0.1, 0.15) is 26.3 Å². The molecule has 0 fully saturated rings. The van der Waals surface area contributed by atoms with Gasteiger partial charge in [-0.15, -0.1) is 0 Å². The summed E-state index contributed by atoms with van der Waals surface area (Å²) in [6.07, 6.45) is 1.48. The van der Waals surface area contributed by atoms with Gasteiger partial charge >= 0.3 is 0 Å². The summed E-state index contributed by atoms with van der Waals surface area (Å²) in [5.74, 6) is 0.316. The van der Waals surface area contributed by atoms with Crippen LogP contribution in [0, 0.1) is 0 Å². The summed E-state index contributed by atoms with van der Waals surface area (Å²) in [5, 5.41) is 7.30. The topological polar surface area (TPSA) is 89.0 Å². The molecule has 9 heteroatoms. The van der Waals surface area contributed by atoms with Gasteiger partial charge in [-0.25, -0.2) is 5.43 Å². The maximum Gasteiger partial charge on any atom is 0.273 e. The standard InChI is InChI=1S/C22H15Cl2N3O4/c23-14-6-7-15(17(24)10-14)21(28)26-18-4-2-1-3-16(18)22(29)27-25-11-13-5-8-19-20(9-13)31-12-30-19/h1-11H,12H2,(H,26,28)(H,27,29). The van der Waals surface area contributed by atoms with E-state index in [1.807, 2.05) is 0 Å². The van der Waals surface area contributed by atoms with E-state index in [9.17, 15) is 9.59 Å². The van der Waals surface area contributed by atoms with Crippen LogP contribution in [-0.4, -0.2) is 24.8 Å². The number of benzene rings is 3. The highest BCUT2D eigenvalue weighted by Crippen LogP contribution is 2.32. The summed E-state index contributed by atoms with van der Waals surface area (Å²) in [5.41, 5.74) is 3.97. The lowest BCUT2D eigenvalue weighted by atomic mass is 10.1. The van der Waals surface area contributed by atoms with Crippen LogP contribution >= 0.6 is 23.2 Å². The van der Waals surface area contributed by atoms with E-state index >= 15 is 0 Å². The van der Waals surface area contributed by atoms with Gasteiger partial charge in [0.1, 0.15) is 0 Å². The quantitative estimate of drug-likeness (QED) is 0.429. The second-order valence-corrected chi connectivity index (χ2v) is 7.28. The summed E-state index contributed by atoms with van der Waals surface area (Å²) >= 11 is 12.0. The molecule has 4 rings (SSSR count). The van der Waals surface area contributed by atoms with Crippen LogP contribution in [-0.2, 0) is 0 Å². The van der Waals surface area contributed by atoms with Gasteiger partial charge in [-0.1, -0.05) is 35.3 Å². The number of rotatable bonds is 5. The summed E-state index contributed by atoms with van der Waals surface area (Å²) in [6.45, 7) is 0.177. The van der Waals surface area contributed by atoms with Crippen LogP contribution in [0.3, 0.4) is 0 Å². The fourth-order valence-electron chi connectivity index (χ4n) is 2.87. The largest absolute Gasteiger partial charge is 0.454 e. The second kappa shape index (κ2) is 9.07. The van der Waals surface area contributed by atoms with Gasteiger partial charge in [0.05, 0.1) is 28.1 Å². The van der Waals surface area contributed by atoms with E-state index in [1.165, 1.54) is 18.3 Å². The normalized spacial score (nSPS) is 12.1. The Labute approximate surface area is 187 Å². The number of halogens is 2. The zero-order valence-electron chi connectivity index (χ0n) is 15.9. The lowest BCUT2D eigenvalue weighted by Gasteiger charge is -2.11. The fourth-order valence-corrected chi connectivity index (χ4v) is 3.37. The minimum Gasteiger partial charge on any atom is -0.454 e. The third-order valence-electron chi connectivity index (χ3n) is 4.37. The predicted octanol–water partition coefficient (Wildman–Crippen LogP) is 4.74. The molecule has 0 aliphatic carbocycles. The molecule has 1 aliphatic heterocycles. The summed E-state index contributed by atoms with van der Waals surface area (Å²) < 4.78 is 10.6. The van der Waals surface area contributed by atoms with Gasteiger partial charge in [-0.05, 0) is 54.1 Å². The molecule has 3 aromatic carbocycles. The Kier molecular flexibility index (Phi) is 6.06. The van der Waals surface area contributed by atoms with Crippen LogP contribution in [0.5, 0.6) is 11.5 Å². The summed E-state index contributed by atoms with van der Waals surface area (Å²) in [4.78, 5) is 25.2. The molecular weight excluding hydrogens is 441 g/mol. The summed E-state index contributed by atoms with van der Waals surface area (Å²) in [6, 6.07) is 16.4. The van der Waals surface area contributed by atoms with Crippen LogP contribution in [0.25, 0.3) is 0 Å². The van der Waals surface area contributed by atoms with Gasteiger partial charge in [0.2, 0.25) is 6.79 Å². The number of anilines is 1. The molecular formula is C22H15Cl2N3O4. The summed E-state index contributed by atoms with van der Waals surface area (Å²) in [7, 11) is 0. The van der Waals surface area contributed by atoms with Crippen molar-refractivity contribution in [2.75, 3.05) is 12.1 Å². The van der Waals surface area contributed by atoms with E-state index in [0.29, 0.717) is 22.2 Å². The second-order valence-electron chi connectivity index (χ2n) is 6.44. The molecule has 7 nitrogen and oxygen atoms in total. The Morgan fingerprint density at radius 3 is 2.55 bits per heavy atom. The highest BCUT2D eigenvalue weighted by molar-refractivity contribution is 6.37. The molecule has 2 amide bonds. The van der Waals surface area contributed by atoms with Crippen LogP contribution in [0.4, 0.5) is 5.69 Å². The Bertz CT molecular complexity index is 1200. The Morgan fingerprint density at radius 2 is 1.71 bits per heavy atom. The van der Waals surface area contributed by atoms with Gasteiger partial charge in [0.25, 0.3) is 11.8 Å². The van der Waals surface area contributed by atoms with Gasteiger partial charge in [0, 0.05) is 5.02 Å². The zero-order chi connectivity index (χ0) is 21.8. The first-order valence-corrected chi connectivity index (χ1v) is 9.85. The molecule has 0 spiro atoms. The van der Waals surface area contributed by atoms with E-state index in [0.717, 1.165) is 5.56 Å². The van der Waals surface area contributed by atoms with Crippen molar-refractivity contribution in [3.05, 3.63) is 87.4 Å². The predicted molar refractivity (Wildman–Crippen MR) is 118 cm³/mol. The highest BCUT2D eigenvalue weighted by Gasteiger charge is 2.16. The zero-order valence-corrected chi connectivity index (χ0v) is 17.4. The van der Waals surface area contributed by atoms with Crippen molar-refractivity contribution in [2.45, 2.75) is 0 Å². The number of hydrogen-bond donors (Lipinski definition) is 2. The van der Waals surface area contributed by atoms with Gasteiger partial charge in [-0.2, -0.15) is 5.10 Å². The van der Waals surface area contributed by atoms with Crippen molar-refractivity contribution in [2.24, 2.45) is 5.10 Å². The van der Waals surface area contributed by atoms with Crippen molar-refractivity contribution in [3.63, 3.8) is 0 Å². The van der Waals surface area contributed by atoms with Crippen molar-refractivity contribution < 1.29 is 19.1 Å². The number of nitrogens with one attached hydrogen (secondary N) is 2. The fraction of sp³-hybridized carbons (Fsp3) is 0.0455. The number of amides is 2.